The van der Waals surface area contributed by atoms with Crippen molar-refractivity contribution in [3.05, 3.63) is 34.5 Å². The Morgan fingerprint density at radius 1 is 1.24 bits per heavy atom. The van der Waals surface area contributed by atoms with Crippen LogP contribution in [0.3, 0.4) is 0 Å². The van der Waals surface area contributed by atoms with Gasteiger partial charge in [-0.3, -0.25) is 4.90 Å². The predicted molar refractivity (Wildman–Crippen MR) is 90.1 cm³/mol. The van der Waals surface area contributed by atoms with Gasteiger partial charge >= 0.3 is 0 Å². The number of rotatable bonds is 6. The molecule has 0 atom stereocenters. The van der Waals surface area contributed by atoms with E-state index in [1.54, 1.807) is 23.5 Å². The molecular formula is C17H25FN2S. The first-order valence-electron chi connectivity index (χ1n) is 7.56. The van der Waals surface area contributed by atoms with E-state index in [1.165, 1.54) is 0 Å². The Hall–Kier alpha value is -0.970. The highest BCUT2D eigenvalue weighted by Crippen LogP contribution is 2.34. The van der Waals surface area contributed by atoms with Crippen LogP contribution in [0.4, 0.5) is 4.39 Å². The molecule has 0 unspecified atom stereocenters. The van der Waals surface area contributed by atoms with E-state index >= 15 is 0 Å². The summed E-state index contributed by atoms with van der Waals surface area (Å²) in [4.78, 5) is 3.50. The number of hydrogen-bond acceptors (Lipinski definition) is 3. The maximum atomic E-state index is 14.3. The third kappa shape index (κ3) is 3.62. The topological polar surface area (TPSA) is 29.3 Å². The lowest BCUT2D eigenvalue weighted by atomic mass is 10.1. The molecule has 2 N–H and O–H groups in total. The summed E-state index contributed by atoms with van der Waals surface area (Å²) in [6.45, 7) is 11.1. The van der Waals surface area contributed by atoms with E-state index in [0.717, 1.165) is 33.6 Å². The Bertz CT molecular complexity index is 604. The molecule has 2 nitrogen and oxygen atoms in total. The minimum Gasteiger partial charge on any atom is -0.326 e. The fraction of sp³-hybridized carbons (Fsp3) is 0.529. The van der Waals surface area contributed by atoms with E-state index < -0.39 is 0 Å². The number of nitrogens with two attached hydrogens (primary N) is 1. The lowest BCUT2D eigenvalue weighted by Crippen LogP contribution is -2.33. The van der Waals surface area contributed by atoms with E-state index in [0.29, 0.717) is 18.5 Å². The number of fused-ring (bicyclic) bond motifs is 1. The maximum absolute atomic E-state index is 14.3. The van der Waals surface area contributed by atoms with Gasteiger partial charge in [-0.25, -0.2) is 4.39 Å². The fourth-order valence-electron chi connectivity index (χ4n) is 2.68. The van der Waals surface area contributed by atoms with Gasteiger partial charge in [-0.1, -0.05) is 19.9 Å². The van der Waals surface area contributed by atoms with E-state index in [-0.39, 0.29) is 5.82 Å². The van der Waals surface area contributed by atoms with Crippen LogP contribution >= 0.6 is 11.3 Å². The summed E-state index contributed by atoms with van der Waals surface area (Å²) in [5, 5.41) is 0.761. The minimum atomic E-state index is -0.133. The predicted octanol–water partition coefficient (Wildman–Crippen LogP) is 4.37. The van der Waals surface area contributed by atoms with Crippen LogP contribution in [0.1, 0.15) is 38.1 Å². The molecule has 21 heavy (non-hydrogen) atoms. The molecule has 1 heterocycles. The molecule has 0 amide bonds. The Morgan fingerprint density at radius 2 is 1.95 bits per heavy atom. The Balaban J connectivity index is 2.44. The SMILES string of the molecule is CC(C)CN(Cc1c(CN)sc2cccc(F)c12)C(C)C. The van der Waals surface area contributed by atoms with Crippen molar-refractivity contribution in [3.8, 4) is 0 Å². The van der Waals surface area contributed by atoms with Crippen molar-refractivity contribution in [3.63, 3.8) is 0 Å². The highest BCUT2D eigenvalue weighted by Gasteiger charge is 2.19. The minimum absolute atomic E-state index is 0.133. The van der Waals surface area contributed by atoms with Gasteiger partial charge in [0.2, 0.25) is 0 Å². The van der Waals surface area contributed by atoms with Gasteiger partial charge in [-0.15, -0.1) is 11.3 Å². The van der Waals surface area contributed by atoms with E-state index in [1.807, 2.05) is 6.07 Å². The first kappa shape index (κ1) is 16.4. The van der Waals surface area contributed by atoms with Gasteiger partial charge in [0.15, 0.2) is 0 Å². The molecule has 0 saturated heterocycles. The van der Waals surface area contributed by atoms with Crippen LogP contribution in [-0.4, -0.2) is 17.5 Å². The lowest BCUT2D eigenvalue weighted by Gasteiger charge is -2.28. The molecule has 1 aromatic carbocycles. The summed E-state index contributed by atoms with van der Waals surface area (Å²) in [5.74, 6) is 0.454. The number of hydrogen-bond donors (Lipinski definition) is 1. The van der Waals surface area contributed by atoms with Crippen molar-refractivity contribution in [2.75, 3.05) is 6.54 Å². The van der Waals surface area contributed by atoms with Crippen LogP contribution in [0.15, 0.2) is 18.2 Å². The quantitative estimate of drug-likeness (QED) is 0.859. The molecule has 0 aliphatic carbocycles. The first-order valence-corrected chi connectivity index (χ1v) is 8.38. The van der Waals surface area contributed by atoms with E-state index in [4.69, 9.17) is 5.73 Å². The normalized spacial score (nSPS) is 12.2. The lowest BCUT2D eigenvalue weighted by molar-refractivity contribution is 0.189. The number of benzene rings is 1. The number of nitrogens with zero attached hydrogens (tertiary/aromatic N) is 1. The van der Waals surface area contributed by atoms with Gasteiger partial charge in [0.25, 0.3) is 0 Å². The van der Waals surface area contributed by atoms with Crippen molar-refractivity contribution in [1.29, 1.82) is 0 Å². The maximum Gasteiger partial charge on any atom is 0.132 e. The second kappa shape index (κ2) is 6.86. The van der Waals surface area contributed by atoms with Crippen molar-refractivity contribution in [1.82, 2.24) is 4.90 Å². The van der Waals surface area contributed by atoms with E-state index in [2.05, 4.69) is 32.6 Å². The van der Waals surface area contributed by atoms with Crippen LogP contribution in [0.5, 0.6) is 0 Å². The van der Waals surface area contributed by atoms with Crippen LogP contribution < -0.4 is 5.73 Å². The van der Waals surface area contributed by atoms with Crippen molar-refractivity contribution in [2.24, 2.45) is 11.7 Å². The van der Waals surface area contributed by atoms with Gasteiger partial charge in [0, 0.05) is 40.6 Å². The summed E-state index contributed by atoms with van der Waals surface area (Å²) in [7, 11) is 0. The summed E-state index contributed by atoms with van der Waals surface area (Å²) in [6, 6.07) is 5.72. The molecule has 0 radical (unpaired) electrons. The zero-order valence-electron chi connectivity index (χ0n) is 13.3. The van der Waals surface area contributed by atoms with Crippen LogP contribution in [0.25, 0.3) is 10.1 Å². The largest absolute Gasteiger partial charge is 0.326 e. The van der Waals surface area contributed by atoms with Gasteiger partial charge in [-0.2, -0.15) is 0 Å². The third-order valence-electron chi connectivity index (χ3n) is 3.72. The van der Waals surface area contributed by atoms with Gasteiger partial charge in [-0.05, 0) is 37.5 Å². The summed E-state index contributed by atoms with van der Waals surface area (Å²) >= 11 is 1.62. The van der Waals surface area contributed by atoms with Crippen LogP contribution in [-0.2, 0) is 13.1 Å². The number of thiophene rings is 1. The summed E-state index contributed by atoms with van der Waals surface area (Å²) in [5.41, 5.74) is 6.96. The van der Waals surface area contributed by atoms with Gasteiger partial charge < -0.3 is 5.73 Å². The van der Waals surface area contributed by atoms with Crippen LogP contribution in [0, 0.1) is 11.7 Å². The monoisotopic (exact) mass is 308 g/mol. The Labute approximate surface area is 130 Å². The van der Waals surface area contributed by atoms with Gasteiger partial charge in [0.05, 0.1) is 0 Å². The first-order chi connectivity index (χ1) is 9.93. The molecule has 116 valence electrons. The average molecular weight is 308 g/mol. The zero-order valence-corrected chi connectivity index (χ0v) is 14.1. The van der Waals surface area contributed by atoms with Crippen LogP contribution in [0.2, 0.25) is 0 Å². The number of halogens is 1. The Morgan fingerprint density at radius 3 is 2.52 bits per heavy atom. The second-order valence-electron chi connectivity index (χ2n) is 6.24. The fourth-order valence-corrected chi connectivity index (χ4v) is 3.79. The summed E-state index contributed by atoms with van der Waals surface area (Å²) in [6.07, 6.45) is 0. The molecule has 0 aliphatic heterocycles. The molecule has 2 aromatic rings. The second-order valence-corrected chi connectivity index (χ2v) is 7.37. The zero-order chi connectivity index (χ0) is 15.6. The van der Waals surface area contributed by atoms with E-state index in [9.17, 15) is 4.39 Å². The third-order valence-corrected chi connectivity index (χ3v) is 4.94. The molecule has 0 bridgehead atoms. The molecule has 1 aromatic heterocycles. The standard InChI is InChI=1S/C17H25FN2S/c1-11(2)9-20(12(3)4)10-13-16(8-19)21-15-7-5-6-14(18)17(13)15/h5-7,11-12H,8-10,19H2,1-4H3. The summed E-state index contributed by atoms with van der Waals surface area (Å²) < 4.78 is 15.3. The molecule has 0 spiro atoms. The average Bonchev–Trinajstić information content (AvgIpc) is 2.76. The van der Waals surface area contributed by atoms with Crippen molar-refractivity contribution < 1.29 is 4.39 Å². The van der Waals surface area contributed by atoms with Crippen molar-refractivity contribution in [2.45, 2.75) is 46.8 Å². The van der Waals surface area contributed by atoms with Gasteiger partial charge in [0.1, 0.15) is 5.82 Å². The Kier molecular flexibility index (Phi) is 5.36. The molecule has 0 aliphatic rings. The molecule has 2 rings (SSSR count). The highest BCUT2D eigenvalue weighted by atomic mass is 32.1. The molecule has 0 saturated carbocycles. The van der Waals surface area contributed by atoms with Crippen molar-refractivity contribution >= 4 is 21.4 Å². The molecular weight excluding hydrogens is 283 g/mol. The molecule has 0 fully saturated rings. The highest BCUT2D eigenvalue weighted by molar-refractivity contribution is 7.19. The smallest absolute Gasteiger partial charge is 0.132 e. The molecule has 4 heteroatoms.